The highest BCUT2D eigenvalue weighted by atomic mass is 32.2. The van der Waals surface area contributed by atoms with Crippen LogP contribution in [0.2, 0.25) is 0 Å². The number of thioether (sulfide) groups is 1. The van der Waals surface area contributed by atoms with Crippen molar-refractivity contribution in [3.05, 3.63) is 5.82 Å². The van der Waals surface area contributed by atoms with Gasteiger partial charge in [0.25, 0.3) is 0 Å². The van der Waals surface area contributed by atoms with Crippen molar-refractivity contribution in [1.82, 2.24) is 20.5 Å². The average molecular weight is 200 g/mol. The first kappa shape index (κ1) is 8.98. The number of aromatic nitrogens is 3. The molecule has 1 aromatic heterocycles. The normalized spacial score (nSPS) is 28.2. The molecule has 0 bridgehead atoms. The van der Waals surface area contributed by atoms with Crippen LogP contribution in [0.5, 0.6) is 0 Å². The van der Waals surface area contributed by atoms with Crippen molar-refractivity contribution in [3.63, 3.8) is 0 Å². The Morgan fingerprint density at radius 3 is 2.92 bits per heavy atom. The molecular weight excluding hydrogens is 188 g/mol. The van der Waals surface area contributed by atoms with Crippen molar-refractivity contribution in [3.8, 4) is 0 Å². The predicted molar refractivity (Wildman–Crippen MR) is 49.6 cm³/mol. The summed E-state index contributed by atoms with van der Waals surface area (Å²) in [4.78, 5) is 4.17. The molecule has 6 heteroatoms. The Labute approximate surface area is 80.3 Å². The van der Waals surface area contributed by atoms with Crippen LogP contribution >= 0.6 is 11.8 Å². The first-order valence-electron chi connectivity index (χ1n) is 4.20. The second-order valence-electron chi connectivity index (χ2n) is 3.09. The molecule has 1 aliphatic rings. The van der Waals surface area contributed by atoms with E-state index in [0.29, 0.717) is 11.7 Å². The van der Waals surface area contributed by atoms with Gasteiger partial charge in [0, 0.05) is 13.1 Å². The molecule has 1 aliphatic heterocycles. The Morgan fingerprint density at radius 1 is 1.54 bits per heavy atom. The number of aromatic amines is 1. The zero-order valence-corrected chi connectivity index (χ0v) is 8.14. The van der Waals surface area contributed by atoms with Gasteiger partial charge in [-0.2, -0.15) is 0 Å². The van der Waals surface area contributed by atoms with Crippen molar-refractivity contribution in [2.75, 3.05) is 13.1 Å². The highest BCUT2D eigenvalue weighted by molar-refractivity contribution is 7.99. The third-order valence-corrected chi connectivity index (χ3v) is 3.14. The first-order valence-corrected chi connectivity index (χ1v) is 5.08. The van der Waals surface area contributed by atoms with Gasteiger partial charge < -0.3 is 10.4 Å². The van der Waals surface area contributed by atoms with E-state index in [1.807, 2.05) is 6.92 Å². The summed E-state index contributed by atoms with van der Waals surface area (Å²) in [6.07, 6.45) is -0.288. The Bertz CT molecular complexity index is 290. The molecule has 0 radical (unpaired) electrons. The van der Waals surface area contributed by atoms with Crippen LogP contribution in [-0.2, 0) is 0 Å². The summed E-state index contributed by atoms with van der Waals surface area (Å²) >= 11 is 1.51. The van der Waals surface area contributed by atoms with Gasteiger partial charge in [0.2, 0.25) is 5.16 Å². The number of hydrogen-bond acceptors (Lipinski definition) is 5. The molecule has 2 unspecified atom stereocenters. The summed E-state index contributed by atoms with van der Waals surface area (Å²) in [6.45, 7) is 3.35. The van der Waals surface area contributed by atoms with E-state index in [0.717, 1.165) is 12.4 Å². The quantitative estimate of drug-likeness (QED) is 0.602. The molecule has 72 valence electrons. The van der Waals surface area contributed by atoms with Crippen LogP contribution in [0.15, 0.2) is 5.16 Å². The van der Waals surface area contributed by atoms with E-state index in [9.17, 15) is 5.11 Å². The highest BCUT2D eigenvalue weighted by Crippen LogP contribution is 2.23. The lowest BCUT2D eigenvalue weighted by Crippen LogP contribution is -2.20. The number of hydrogen-bond donors (Lipinski definition) is 3. The highest BCUT2D eigenvalue weighted by Gasteiger charge is 2.26. The van der Waals surface area contributed by atoms with Crippen molar-refractivity contribution in [1.29, 1.82) is 0 Å². The van der Waals surface area contributed by atoms with E-state index >= 15 is 0 Å². The monoisotopic (exact) mass is 200 g/mol. The maximum atomic E-state index is 9.51. The van der Waals surface area contributed by atoms with Gasteiger partial charge in [-0.15, -0.1) is 5.10 Å². The van der Waals surface area contributed by atoms with E-state index in [2.05, 4.69) is 20.5 Å². The van der Waals surface area contributed by atoms with Crippen LogP contribution < -0.4 is 5.32 Å². The Kier molecular flexibility index (Phi) is 2.52. The molecule has 13 heavy (non-hydrogen) atoms. The lowest BCUT2D eigenvalue weighted by molar-refractivity contribution is 0.201. The van der Waals surface area contributed by atoms with Gasteiger partial charge in [-0.25, -0.2) is 4.98 Å². The topological polar surface area (TPSA) is 73.8 Å². The summed E-state index contributed by atoms with van der Waals surface area (Å²) in [5.41, 5.74) is 0. The van der Waals surface area contributed by atoms with E-state index in [1.54, 1.807) is 0 Å². The van der Waals surface area contributed by atoms with E-state index < -0.39 is 0 Å². The minimum absolute atomic E-state index is 0.176. The van der Waals surface area contributed by atoms with Gasteiger partial charge in [0.05, 0.1) is 11.4 Å². The standard InChI is InChI=1S/C7H12N4OS/c1-4-9-7(11-10-4)13-6-3-8-2-5(6)12/h5-6,8,12H,2-3H2,1H3,(H,9,10,11). The molecule has 5 nitrogen and oxygen atoms in total. The van der Waals surface area contributed by atoms with Crippen LogP contribution in [0.1, 0.15) is 5.82 Å². The minimum atomic E-state index is -0.288. The summed E-state index contributed by atoms with van der Waals surface area (Å²) in [7, 11) is 0. The number of β-amino-alcohol motifs (C(OH)–C–C–N with tert-alkyl or cyclic N) is 1. The summed E-state index contributed by atoms with van der Waals surface area (Å²) in [5.74, 6) is 0.808. The molecule has 1 fully saturated rings. The van der Waals surface area contributed by atoms with Crippen molar-refractivity contribution in [2.45, 2.75) is 23.4 Å². The van der Waals surface area contributed by atoms with E-state index in [-0.39, 0.29) is 11.4 Å². The van der Waals surface area contributed by atoms with Crippen LogP contribution in [0.4, 0.5) is 0 Å². The van der Waals surface area contributed by atoms with Gasteiger partial charge in [0.15, 0.2) is 0 Å². The summed E-state index contributed by atoms with van der Waals surface area (Å²) in [5, 5.41) is 20.3. The fraction of sp³-hybridized carbons (Fsp3) is 0.714. The number of rotatable bonds is 2. The molecule has 0 saturated carbocycles. The molecule has 2 rings (SSSR count). The third kappa shape index (κ3) is 2.01. The number of H-pyrrole nitrogens is 1. The summed E-state index contributed by atoms with van der Waals surface area (Å²) in [6, 6.07) is 0. The minimum Gasteiger partial charge on any atom is -0.391 e. The fourth-order valence-corrected chi connectivity index (χ4v) is 2.28. The lowest BCUT2D eigenvalue weighted by Gasteiger charge is -2.08. The maximum Gasteiger partial charge on any atom is 0.208 e. The number of nitrogens with one attached hydrogen (secondary N) is 2. The van der Waals surface area contributed by atoms with Gasteiger partial charge in [-0.1, -0.05) is 11.8 Å². The second kappa shape index (κ2) is 3.65. The molecule has 1 aromatic rings. The van der Waals surface area contributed by atoms with Crippen LogP contribution in [0.25, 0.3) is 0 Å². The molecule has 0 aromatic carbocycles. The van der Waals surface area contributed by atoms with Crippen molar-refractivity contribution < 1.29 is 5.11 Å². The first-order chi connectivity index (χ1) is 6.25. The molecule has 2 atom stereocenters. The van der Waals surface area contributed by atoms with Gasteiger partial charge in [-0.3, -0.25) is 5.10 Å². The second-order valence-corrected chi connectivity index (χ2v) is 4.29. The van der Waals surface area contributed by atoms with Crippen molar-refractivity contribution >= 4 is 11.8 Å². The molecular formula is C7H12N4OS. The summed E-state index contributed by atoms with van der Waals surface area (Å²) < 4.78 is 0. The molecule has 1 saturated heterocycles. The zero-order chi connectivity index (χ0) is 9.26. The molecule has 2 heterocycles. The Hall–Kier alpha value is -0.590. The molecule has 0 amide bonds. The molecule has 3 N–H and O–H groups in total. The largest absolute Gasteiger partial charge is 0.391 e. The van der Waals surface area contributed by atoms with Crippen LogP contribution in [0.3, 0.4) is 0 Å². The van der Waals surface area contributed by atoms with E-state index in [1.165, 1.54) is 11.8 Å². The molecule has 0 spiro atoms. The predicted octanol–water partition coefficient (Wildman–Crippen LogP) is -0.462. The maximum absolute atomic E-state index is 9.51. The number of aryl methyl sites for hydroxylation is 1. The molecule has 0 aliphatic carbocycles. The SMILES string of the molecule is Cc1nc(SC2CNCC2O)n[nH]1. The number of nitrogens with zero attached hydrogens (tertiary/aromatic N) is 2. The zero-order valence-electron chi connectivity index (χ0n) is 7.32. The Morgan fingerprint density at radius 2 is 2.38 bits per heavy atom. The van der Waals surface area contributed by atoms with Crippen molar-refractivity contribution in [2.24, 2.45) is 0 Å². The van der Waals surface area contributed by atoms with Gasteiger partial charge in [-0.05, 0) is 6.92 Å². The van der Waals surface area contributed by atoms with Crippen LogP contribution in [0, 0.1) is 6.92 Å². The number of aliphatic hydroxyl groups excluding tert-OH is 1. The Balaban J connectivity index is 1.97. The lowest BCUT2D eigenvalue weighted by atomic mass is 10.3. The smallest absolute Gasteiger partial charge is 0.208 e. The van der Waals surface area contributed by atoms with Gasteiger partial charge >= 0.3 is 0 Å². The fourth-order valence-electron chi connectivity index (χ4n) is 1.27. The number of aliphatic hydroxyl groups is 1. The average Bonchev–Trinajstić information content (AvgIpc) is 2.64. The third-order valence-electron chi connectivity index (χ3n) is 1.96. The van der Waals surface area contributed by atoms with E-state index in [4.69, 9.17) is 0 Å². The van der Waals surface area contributed by atoms with Gasteiger partial charge in [0.1, 0.15) is 5.82 Å². The van der Waals surface area contributed by atoms with Crippen LogP contribution in [-0.4, -0.2) is 44.7 Å².